The molecule has 0 aliphatic carbocycles. The predicted molar refractivity (Wildman–Crippen MR) is 70.0 cm³/mol. The molecule has 1 aliphatic heterocycles. The van der Waals surface area contributed by atoms with Crippen LogP contribution >= 0.6 is 0 Å². The summed E-state index contributed by atoms with van der Waals surface area (Å²) in [6.07, 6.45) is 3.43. The maximum atomic E-state index is 13.9. The van der Waals surface area contributed by atoms with E-state index in [0.717, 1.165) is 5.82 Å². The Morgan fingerprint density at radius 1 is 1.25 bits per heavy atom. The van der Waals surface area contributed by atoms with Crippen molar-refractivity contribution in [1.82, 2.24) is 9.55 Å². The molecule has 0 unspecified atom stereocenters. The third kappa shape index (κ3) is 1.80. The SMILES string of the molecule is Cc1nccn1CCN1C(=O)C(=O)c2cccc(F)c21. The number of hydrogen-bond acceptors (Lipinski definition) is 3. The third-order valence-electron chi connectivity index (χ3n) is 3.43. The zero-order valence-electron chi connectivity index (χ0n) is 10.8. The third-order valence-corrected chi connectivity index (χ3v) is 3.43. The van der Waals surface area contributed by atoms with Crippen LogP contribution in [0.3, 0.4) is 0 Å². The van der Waals surface area contributed by atoms with Crippen LogP contribution in [0.15, 0.2) is 30.6 Å². The molecule has 2 aromatic rings. The lowest BCUT2D eigenvalue weighted by atomic mass is 10.1. The van der Waals surface area contributed by atoms with Gasteiger partial charge in [-0.2, -0.15) is 0 Å². The maximum Gasteiger partial charge on any atom is 0.299 e. The Kier molecular flexibility index (Phi) is 2.85. The van der Waals surface area contributed by atoms with Crippen molar-refractivity contribution in [2.45, 2.75) is 13.5 Å². The summed E-state index contributed by atoms with van der Waals surface area (Å²) < 4.78 is 15.7. The molecule has 0 saturated carbocycles. The number of carbonyl (C=O) groups excluding carboxylic acids is 2. The van der Waals surface area contributed by atoms with Gasteiger partial charge in [-0.05, 0) is 19.1 Å². The highest BCUT2D eigenvalue weighted by molar-refractivity contribution is 6.52. The van der Waals surface area contributed by atoms with Crippen molar-refractivity contribution < 1.29 is 14.0 Å². The van der Waals surface area contributed by atoms with Gasteiger partial charge < -0.3 is 9.47 Å². The number of imidazole rings is 1. The minimum absolute atomic E-state index is 0.0836. The summed E-state index contributed by atoms with van der Waals surface area (Å²) >= 11 is 0. The summed E-state index contributed by atoms with van der Waals surface area (Å²) in [5.41, 5.74) is 0.220. The second kappa shape index (κ2) is 4.56. The number of ketones is 1. The van der Waals surface area contributed by atoms with Crippen molar-refractivity contribution in [3.63, 3.8) is 0 Å². The van der Waals surface area contributed by atoms with Crippen LogP contribution in [0.1, 0.15) is 16.2 Å². The molecular weight excluding hydrogens is 261 g/mol. The zero-order valence-corrected chi connectivity index (χ0v) is 10.8. The van der Waals surface area contributed by atoms with Crippen molar-refractivity contribution in [1.29, 1.82) is 0 Å². The van der Waals surface area contributed by atoms with Gasteiger partial charge in [0.05, 0.1) is 11.3 Å². The fraction of sp³-hybridized carbons (Fsp3) is 0.214. The fourth-order valence-electron chi connectivity index (χ4n) is 2.37. The minimum atomic E-state index is -0.678. The van der Waals surface area contributed by atoms with E-state index in [9.17, 15) is 14.0 Å². The Bertz CT molecular complexity index is 708. The van der Waals surface area contributed by atoms with Crippen LogP contribution in [0.2, 0.25) is 0 Å². The van der Waals surface area contributed by atoms with Crippen molar-refractivity contribution in [3.8, 4) is 0 Å². The van der Waals surface area contributed by atoms with E-state index in [-0.39, 0.29) is 17.8 Å². The lowest BCUT2D eigenvalue weighted by molar-refractivity contribution is -0.114. The Morgan fingerprint density at radius 2 is 2.05 bits per heavy atom. The smallest absolute Gasteiger partial charge is 0.299 e. The van der Waals surface area contributed by atoms with E-state index in [0.29, 0.717) is 6.54 Å². The van der Waals surface area contributed by atoms with E-state index in [1.807, 2.05) is 11.5 Å². The number of para-hydroxylation sites is 1. The maximum absolute atomic E-state index is 13.9. The molecule has 0 N–H and O–H groups in total. The summed E-state index contributed by atoms with van der Waals surface area (Å²) in [7, 11) is 0. The number of aromatic nitrogens is 2. The van der Waals surface area contributed by atoms with Crippen LogP contribution in [-0.2, 0) is 11.3 Å². The Labute approximate surface area is 114 Å². The van der Waals surface area contributed by atoms with Crippen molar-refractivity contribution in [3.05, 3.63) is 47.8 Å². The first-order valence-corrected chi connectivity index (χ1v) is 6.22. The summed E-state index contributed by atoms with van der Waals surface area (Å²) in [5, 5.41) is 0. The number of rotatable bonds is 3. The number of aryl methyl sites for hydroxylation is 1. The number of fused-ring (bicyclic) bond motifs is 1. The van der Waals surface area contributed by atoms with Gasteiger partial charge in [0.2, 0.25) is 0 Å². The molecule has 0 radical (unpaired) electrons. The highest BCUT2D eigenvalue weighted by Crippen LogP contribution is 2.31. The van der Waals surface area contributed by atoms with Crippen LogP contribution in [0.25, 0.3) is 0 Å². The molecule has 3 rings (SSSR count). The van der Waals surface area contributed by atoms with Gasteiger partial charge in [0, 0.05) is 25.5 Å². The zero-order chi connectivity index (χ0) is 14.3. The molecule has 0 fully saturated rings. The average molecular weight is 273 g/mol. The summed E-state index contributed by atoms with van der Waals surface area (Å²) in [6.45, 7) is 2.53. The fourth-order valence-corrected chi connectivity index (χ4v) is 2.37. The van der Waals surface area contributed by atoms with Crippen LogP contribution in [0.4, 0.5) is 10.1 Å². The predicted octanol–water partition coefficient (Wildman–Crippen LogP) is 1.56. The van der Waals surface area contributed by atoms with Crippen LogP contribution < -0.4 is 4.90 Å². The van der Waals surface area contributed by atoms with Crippen LogP contribution in [0, 0.1) is 12.7 Å². The normalized spacial score (nSPS) is 14.0. The van der Waals surface area contributed by atoms with Gasteiger partial charge in [0.25, 0.3) is 11.7 Å². The highest BCUT2D eigenvalue weighted by Gasteiger charge is 2.37. The number of Topliss-reactive ketones (excluding diaryl/α,β-unsaturated/α-hetero) is 1. The molecule has 0 saturated heterocycles. The number of hydrogen-bond donors (Lipinski definition) is 0. The lowest BCUT2D eigenvalue weighted by Gasteiger charge is -2.17. The van der Waals surface area contributed by atoms with Gasteiger partial charge in [-0.3, -0.25) is 9.59 Å². The molecule has 5 nitrogen and oxygen atoms in total. The summed E-state index contributed by atoms with van der Waals surface area (Å²) in [5.74, 6) is -1.08. The van der Waals surface area contributed by atoms with E-state index >= 15 is 0 Å². The first kappa shape index (κ1) is 12.5. The van der Waals surface area contributed by atoms with Gasteiger partial charge >= 0.3 is 0 Å². The van der Waals surface area contributed by atoms with Gasteiger partial charge in [-0.1, -0.05) is 6.07 Å². The van der Waals surface area contributed by atoms with Gasteiger partial charge in [-0.15, -0.1) is 0 Å². The Hall–Kier alpha value is -2.50. The highest BCUT2D eigenvalue weighted by atomic mass is 19.1. The van der Waals surface area contributed by atoms with E-state index in [1.165, 1.54) is 23.1 Å². The second-order valence-corrected chi connectivity index (χ2v) is 4.59. The number of carbonyl (C=O) groups is 2. The van der Waals surface area contributed by atoms with Gasteiger partial charge in [-0.25, -0.2) is 9.37 Å². The van der Waals surface area contributed by atoms with Crippen LogP contribution in [-0.4, -0.2) is 27.8 Å². The molecule has 0 bridgehead atoms. The topological polar surface area (TPSA) is 55.2 Å². The van der Waals surface area contributed by atoms with Gasteiger partial charge in [0.15, 0.2) is 0 Å². The van der Waals surface area contributed by atoms with Crippen molar-refractivity contribution >= 4 is 17.4 Å². The quantitative estimate of drug-likeness (QED) is 0.797. The van der Waals surface area contributed by atoms with E-state index in [1.54, 1.807) is 12.4 Å². The molecule has 6 heteroatoms. The molecule has 1 amide bonds. The molecule has 2 heterocycles. The number of nitrogens with zero attached hydrogens (tertiary/aromatic N) is 3. The average Bonchev–Trinajstić information content (AvgIpc) is 2.94. The molecule has 20 heavy (non-hydrogen) atoms. The molecule has 102 valence electrons. The van der Waals surface area contributed by atoms with Crippen LogP contribution in [0.5, 0.6) is 0 Å². The van der Waals surface area contributed by atoms with E-state index in [4.69, 9.17) is 0 Å². The molecular formula is C14H12FN3O2. The number of anilines is 1. The van der Waals surface area contributed by atoms with E-state index < -0.39 is 17.5 Å². The standard InChI is InChI=1S/C14H12FN3O2/c1-9-16-5-6-17(9)7-8-18-12-10(13(19)14(18)20)3-2-4-11(12)15/h2-6H,7-8H2,1H3. The van der Waals surface area contributed by atoms with Gasteiger partial charge in [0.1, 0.15) is 11.6 Å². The summed E-state index contributed by atoms with van der Waals surface area (Å²) in [6, 6.07) is 4.16. The minimum Gasteiger partial charge on any atom is -0.333 e. The lowest BCUT2D eigenvalue weighted by Crippen LogP contribution is -2.33. The molecule has 1 aliphatic rings. The van der Waals surface area contributed by atoms with E-state index in [2.05, 4.69) is 4.98 Å². The first-order valence-electron chi connectivity index (χ1n) is 6.22. The first-order chi connectivity index (χ1) is 9.59. The monoisotopic (exact) mass is 273 g/mol. The number of halogens is 1. The largest absolute Gasteiger partial charge is 0.333 e. The molecule has 1 aromatic heterocycles. The van der Waals surface area contributed by atoms with Crippen molar-refractivity contribution in [2.24, 2.45) is 0 Å². The molecule has 0 atom stereocenters. The molecule has 1 aromatic carbocycles. The number of amides is 1. The Balaban J connectivity index is 1.90. The Morgan fingerprint density at radius 3 is 2.75 bits per heavy atom. The second-order valence-electron chi connectivity index (χ2n) is 4.59. The molecule has 0 spiro atoms. The van der Waals surface area contributed by atoms with Crippen molar-refractivity contribution in [2.75, 3.05) is 11.4 Å². The number of benzene rings is 1. The summed E-state index contributed by atoms with van der Waals surface area (Å²) in [4.78, 5) is 29.0.